The van der Waals surface area contributed by atoms with Gasteiger partial charge in [-0.05, 0) is 27.6 Å². The number of carbonyl (C=O) groups is 2. The SMILES string of the molecule is COC(=O)[C@H](Cc1ccccc1)NC(=O)COc1cccnc1[N+](=O)[O-]. The molecule has 9 nitrogen and oxygen atoms in total. The van der Waals surface area contributed by atoms with E-state index in [1.807, 2.05) is 30.3 Å². The number of carbonyl (C=O) groups excluding carboxylic acids is 2. The van der Waals surface area contributed by atoms with Gasteiger partial charge in [0.05, 0.1) is 7.11 Å². The van der Waals surface area contributed by atoms with Gasteiger partial charge >= 0.3 is 11.8 Å². The maximum atomic E-state index is 12.1. The zero-order valence-corrected chi connectivity index (χ0v) is 14.0. The van der Waals surface area contributed by atoms with Gasteiger partial charge in [-0.1, -0.05) is 30.3 Å². The van der Waals surface area contributed by atoms with Crippen LogP contribution >= 0.6 is 0 Å². The highest BCUT2D eigenvalue weighted by atomic mass is 16.6. The normalized spacial score (nSPS) is 11.3. The summed E-state index contributed by atoms with van der Waals surface area (Å²) in [6.07, 6.45) is 1.49. The predicted octanol–water partition coefficient (Wildman–Crippen LogP) is 1.27. The van der Waals surface area contributed by atoms with E-state index in [9.17, 15) is 19.7 Å². The minimum atomic E-state index is -0.901. The maximum Gasteiger partial charge on any atom is 0.406 e. The van der Waals surface area contributed by atoms with Crippen LogP contribution in [0.1, 0.15) is 5.56 Å². The average Bonchev–Trinajstić information content (AvgIpc) is 2.66. The molecular formula is C17H17N3O6. The van der Waals surface area contributed by atoms with Crippen molar-refractivity contribution in [2.24, 2.45) is 0 Å². The number of hydrogen-bond donors (Lipinski definition) is 1. The number of nitro groups is 1. The lowest BCUT2D eigenvalue weighted by Crippen LogP contribution is -2.44. The molecule has 0 unspecified atom stereocenters. The highest BCUT2D eigenvalue weighted by Crippen LogP contribution is 2.22. The van der Waals surface area contributed by atoms with Crippen molar-refractivity contribution in [2.45, 2.75) is 12.5 Å². The second kappa shape index (κ2) is 9.11. The summed E-state index contributed by atoms with van der Waals surface area (Å²) in [4.78, 5) is 37.7. The van der Waals surface area contributed by atoms with Gasteiger partial charge in [0.1, 0.15) is 12.2 Å². The molecule has 1 heterocycles. The number of ether oxygens (including phenoxy) is 2. The summed E-state index contributed by atoms with van der Waals surface area (Å²) in [6, 6.07) is 11.0. The number of hydrogen-bond acceptors (Lipinski definition) is 7. The molecule has 0 fully saturated rings. The lowest BCUT2D eigenvalue weighted by molar-refractivity contribution is -0.390. The number of rotatable bonds is 8. The molecule has 0 saturated carbocycles. The molecule has 136 valence electrons. The summed E-state index contributed by atoms with van der Waals surface area (Å²) in [5, 5.41) is 13.4. The number of nitrogens with zero attached hydrogens (tertiary/aromatic N) is 2. The van der Waals surface area contributed by atoms with Crippen molar-refractivity contribution in [2.75, 3.05) is 13.7 Å². The molecule has 0 radical (unpaired) electrons. The summed E-state index contributed by atoms with van der Waals surface area (Å²) in [7, 11) is 1.22. The fourth-order valence-electron chi connectivity index (χ4n) is 2.20. The van der Waals surface area contributed by atoms with Crippen LogP contribution in [0.5, 0.6) is 5.75 Å². The fourth-order valence-corrected chi connectivity index (χ4v) is 2.20. The summed E-state index contributed by atoms with van der Waals surface area (Å²) < 4.78 is 9.86. The standard InChI is InChI=1S/C17H17N3O6/c1-25-17(22)13(10-12-6-3-2-4-7-12)19-15(21)11-26-14-8-5-9-18-16(14)20(23)24/h2-9,13H,10-11H2,1H3,(H,19,21)/t13-/m0/s1. The Hall–Kier alpha value is -3.49. The van der Waals surface area contributed by atoms with E-state index in [1.165, 1.54) is 25.4 Å². The Morgan fingerprint density at radius 1 is 1.23 bits per heavy atom. The first-order valence-electron chi connectivity index (χ1n) is 7.64. The Balaban J connectivity index is 1.99. The van der Waals surface area contributed by atoms with E-state index in [-0.39, 0.29) is 12.2 Å². The molecule has 1 aromatic heterocycles. The highest BCUT2D eigenvalue weighted by Gasteiger charge is 2.23. The van der Waals surface area contributed by atoms with Crippen molar-refractivity contribution in [3.8, 4) is 5.75 Å². The molecule has 26 heavy (non-hydrogen) atoms. The maximum absolute atomic E-state index is 12.1. The first-order valence-corrected chi connectivity index (χ1v) is 7.64. The fraction of sp³-hybridized carbons (Fsp3) is 0.235. The first-order chi connectivity index (χ1) is 12.5. The molecule has 0 aliphatic heterocycles. The number of pyridine rings is 1. The quantitative estimate of drug-likeness (QED) is 0.428. The second-order valence-corrected chi connectivity index (χ2v) is 5.20. The summed E-state index contributed by atoms with van der Waals surface area (Å²) in [5.41, 5.74) is 0.840. The Kier molecular flexibility index (Phi) is 6.60. The van der Waals surface area contributed by atoms with Crippen LogP contribution in [0.15, 0.2) is 48.7 Å². The highest BCUT2D eigenvalue weighted by molar-refractivity contribution is 5.85. The van der Waals surface area contributed by atoms with Crippen LogP contribution in [-0.4, -0.2) is 41.5 Å². The monoisotopic (exact) mass is 359 g/mol. The molecule has 0 saturated heterocycles. The van der Waals surface area contributed by atoms with E-state index >= 15 is 0 Å². The molecule has 0 spiro atoms. The van der Waals surface area contributed by atoms with Crippen molar-refractivity contribution in [1.29, 1.82) is 0 Å². The van der Waals surface area contributed by atoms with Crippen molar-refractivity contribution in [3.63, 3.8) is 0 Å². The van der Waals surface area contributed by atoms with Gasteiger partial charge in [0, 0.05) is 6.42 Å². The van der Waals surface area contributed by atoms with Crippen LogP contribution in [0, 0.1) is 10.1 Å². The molecule has 0 aliphatic rings. The van der Waals surface area contributed by atoms with E-state index in [0.29, 0.717) is 0 Å². The summed E-state index contributed by atoms with van der Waals surface area (Å²) in [6.45, 7) is -0.505. The minimum absolute atomic E-state index is 0.134. The first kappa shape index (κ1) is 18.8. The zero-order chi connectivity index (χ0) is 18.9. The zero-order valence-electron chi connectivity index (χ0n) is 14.0. The summed E-state index contributed by atoms with van der Waals surface area (Å²) in [5.74, 6) is -1.84. The van der Waals surface area contributed by atoms with Gasteiger partial charge in [0.15, 0.2) is 6.61 Å². The van der Waals surface area contributed by atoms with Gasteiger partial charge in [-0.25, -0.2) is 4.79 Å². The third-order valence-corrected chi connectivity index (χ3v) is 3.39. The van der Waals surface area contributed by atoms with E-state index in [4.69, 9.17) is 9.47 Å². The third-order valence-electron chi connectivity index (χ3n) is 3.39. The molecule has 1 aromatic carbocycles. The molecule has 0 bridgehead atoms. The smallest absolute Gasteiger partial charge is 0.406 e. The lowest BCUT2D eigenvalue weighted by atomic mass is 10.1. The Morgan fingerprint density at radius 2 is 1.96 bits per heavy atom. The van der Waals surface area contributed by atoms with Crippen LogP contribution in [0.2, 0.25) is 0 Å². The predicted molar refractivity (Wildman–Crippen MR) is 90.5 cm³/mol. The lowest BCUT2D eigenvalue weighted by Gasteiger charge is -2.16. The molecular weight excluding hydrogens is 342 g/mol. The third kappa shape index (κ3) is 5.26. The number of benzene rings is 1. The number of amides is 1. The summed E-state index contributed by atoms with van der Waals surface area (Å²) >= 11 is 0. The molecule has 1 N–H and O–H groups in total. The Morgan fingerprint density at radius 3 is 2.62 bits per heavy atom. The molecule has 0 aliphatic carbocycles. The Bertz CT molecular complexity index is 781. The van der Waals surface area contributed by atoms with Crippen LogP contribution in [-0.2, 0) is 20.7 Å². The van der Waals surface area contributed by atoms with Gasteiger partial charge in [-0.15, -0.1) is 0 Å². The number of nitrogens with one attached hydrogen (secondary N) is 1. The van der Waals surface area contributed by atoms with Crippen LogP contribution in [0.4, 0.5) is 5.82 Å². The van der Waals surface area contributed by atoms with Gasteiger partial charge in [-0.3, -0.25) is 4.79 Å². The topological polar surface area (TPSA) is 121 Å². The molecule has 1 atom stereocenters. The van der Waals surface area contributed by atoms with Gasteiger partial charge in [0.2, 0.25) is 5.75 Å². The molecule has 9 heteroatoms. The van der Waals surface area contributed by atoms with Crippen LogP contribution in [0.25, 0.3) is 0 Å². The average molecular weight is 359 g/mol. The molecule has 2 aromatic rings. The van der Waals surface area contributed by atoms with Crippen molar-refractivity contribution >= 4 is 17.7 Å². The van der Waals surface area contributed by atoms with Crippen LogP contribution < -0.4 is 10.1 Å². The minimum Gasteiger partial charge on any atom is -0.476 e. The van der Waals surface area contributed by atoms with Gasteiger partial charge in [-0.2, -0.15) is 0 Å². The van der Waals surface area contributed by atoms with E-state index < -0.39 is 35.3 Å². The van der Waals surface area contributed by atoms with Crippen LogP contribution in [0.3, 0.4) is 0 Å². The molecule has 1 amide bonds. The number of methoxy groups -OCH3 is 1. The van der Waals surface area contributed by atoms with Crippen molar-refractivity contribution in [3.05, 3.63) is 64.3 Å². The molecule has 2 rings (SSSR count). The van der Waals surface area contributed by atoms with E-state index in [0.717, 1.165) is 5.56 Å². The van der Waals surface area contributed by atoms with Gasteiger partial charge < -0.3 is 24.9 Å². The van der Waals surface area contributed by atoms with Crippen molar-refractivity contribution in [1.82, 2.24) is 10.3 Å². The van der Waals surface area contributed by atoms with Gasteiger partial charge in [0.25, 0.3) is 5.91 Å². The largest absolute Gasteiger partial charge is 0.476 e. The number of esters is 1. The Labute approximate surface area is 149 Å². The number of aromatic nitrogens is 1. The van der Waals surface area contributed by atoms with Crippen molar-refractivity contribution < 1.29 is 24.0 Å². The van der Waals surface area contributed by atoms with E-state index in [1.54, 1.807) is 0 Å². The van der Waals surface area contributed by atoms with E-state index in [2.05, 4.69) is 10.3 Å². The second-order valence-electron chi connectivity index (χ2n) is 5.20.